The molecule has 18 heteroatoms. The van der Waals surface area contributed by atoms with Gasteiger partial charge in [0.25, 0.3) is 5.91 Å². The van der Waals surface area contributed by atoms with Gasteiger partial charge in [0.05, 0.1) is 10.8 Å². The number of carbonyl (C=O) groups excluding carboxylic acids is 4. The molecule has 3 aromatic carbocycles. The van der Waals surface area contributed by atoms with Crippen molar-refractivity contribution in [2.45, 2.75) is 156 Å². The van der Waals surface area contributed by atoms with E-state index >= 15 is 4.39 Å². The highest BCUT2D eigenvalue weighted by molar-refractivity contribution is 7.57. The molecule has 6 aliphatic rings. The van der Waals surface area contributed by atoms with Gasteiger partial charge in [-0.15, -0.1) is 11.3 Å². The van der Waals surface area contributed by atoms with Crippen LogP contribution in [-0.2, 0) is 23.7 Å². The molecule has 8 atom stereocenters. The maximum Gasteiger partial charge on any atom is 0.391 e. The van der Waals surface area contributed by atoms with Gasteiger partial charge in [-0.25, -0.2) is 9.48 Å². The number of rotatable bonds is 14. The van der Waals surface area contributed by atoms with E-state index in [0.717, 1.165) is 49.9 Å². The van der Waals surface area contributed by atoms with E-state index in [2.05, 4.69) is 22.5 Å². The van der Waals surface area contributed by atoms with Gasteiger partial charge in [0, 0.05) is 40.8 Å². The molecule has 374 valence electrons. The lowest BCUT2D eigenvalue weighted by atomic mass is 9.77. The van der Waals surface area contributed by atoms with Crippen molar-refractivity contribution < 1.29 is 50.6 Å². The maximum absolute atomic E-state index is 16.8. The number of amides is 3. The number of hydrogen-bond acceptors (Lipinski definition) is 9. The number of hydrogen-bond donors (Lipinski definition) is 2. The molecule has 70 heavy (non-hydrogen) atoms. The normalized spacial score (nSPS) is 28.2. The number of nitrogens with zero attached hydrogens (tertiary/aromatic N) is 3. The van der Waals surface area contributed by atoms with Crippen LogP contribution in [-0.4, -0.2) is 106 Å². The van der Waals surface area contributed by atoms with Crippen molar-refractivity contribution >= 4 is 52.6 Å². The molecule has 3 aliphatic heterocycles. The fourth-order valence-electron chi connectivity index (χ4n) is 11.5. The minimum Gasteiger partial charge on any atom is -0.461 e. The monoisotopic (exact) mass is 1010 g/mol. The van der Waals surface area contributed by atoms with Crippen LogP contribution in [0.5, 0.6) is 5.75 Å². The third-order valence-electron chi connectivity index (χ3n) is 16.1. The van der Waals surface area contributed by atoms with E-state index in [9.17, 15) is 36.9 Å². The van der Waals surface area contributed by atoms with Crippen LogP contribution in [0.2, 0.25) is 0 Å². The average molecular weight is 1010 g/mol. The Morgan fingerprint density at radius 2 is 1.61 bits per heavy atom. The molecule has 4 aromatic rings. The van der Waals surface area contributed by atoms with Gasteiger partial charge in [0.15, 0.2) is 0 Å². The number of nitrogens with one attached hydrogen (secondary N) is 2. The summed E-state index contributed by atoms with van der Waals surface area (Å²) in [6.07, 6.45) is 2.72. The zero-order valence-electron chi connectivity index (χ0n) is 39.3. The number of thiophene rings is 1. The highest BCUT2D eigenvalue weighted by Crippen LogP contribution is 2.58. The summed E-state index contributed by atoms with van der Waals surface area (Å²) in [5.41, 5.74) is 0.917. The first-order valence-corrected chi connectivity index (χ1v) is 27.3. The zero-order chi connectivity index (χ0) is 49.1. The van der Waals surface area contributed by atoms with Crippen molar-refractivity contribution in [2.24, 2.45) is 5.92 Å². The van der Waals surface area contributed by atoms with Crippen molar-refractivity contribution in [1.82, 2.24) is 25.1 Å². The van der Waals surface area contributed by atoms with Gasteiger partial charge >= 0.3 is 19.7 Å². The highest BCUT2D eigenvalue weighted by atomic mass is 32.1. The molecule has 6 fully saturated rings. The Labute approximate surface area is 409 Å². The first-order chi connectivity index (χ1) is 33.5. The Balaban J connectivity index is 0.887. The van der Waals surface area contributed by atoms with Crippen LogP contribution in [0.1, 0.15) is 123 Å². The number of fused-ring (bicyclic) bond motifs is 2. The molecule has 0 bridgehead atoms. The van der Waals surface area contributed by atoms with Crippen LogP contribution in [0.3, 0.4) is 0 Å². The van der Waals surface area contributed by atoms with E-state index in [4.69, 9.17) is 9.26 Å². The van der Waals surface area contributed by atoms with Crippen LogP contribution >= 0.6 is 18.9 Å². The predicted molar refractivity (Wildman–Crippen MR) is 257 cm³/mol. The topological polar surface area (TPSA) is 138 Å². The molecule has 1 unspecified atom stereocenters. The SMILES string of the molecule is C[C@H](NP(=O)(Oc1ccccc1)[C@@H](F)c1ccc2sc(C(=O)N[C@H]3CC[C@H](N(C)C4CC(C(F)(F)F)C4)C[C@H]4CC[C@@H](C(=O)N5C[C@H](c6ccccc6)CC56CC6)N4C3=O)cc2c1)C(=O)OC1CCC1. The van der Waals surface area contributed by atoms with Crippen LogP contribution in [0.4, 0.5) is 17.6 Å². The number of esters is 1. The van der Waals surface area contributed by atoms with Gasteiger partial charge in [-0.3, -0.25) is 23.7 Å². The molecule has 3 aliphatic carbocycles. The van der Waals surface area contributed by atoms with E-state index in [-0.39, 0.29) is 83.0 Å². The largest absolute Gasteiger partial charge is 0.461 e. The van der Waals surface area contributed by atoms with E-state index in [0.29, 0.717) is 42.3 Å². The minimum absolute atomic E-state index is 0.00374. The maximum atomic E-state index is 16.8. The standard InChI is InChI=1S/C52H60F4N5O7PS/c1-31(50(65)67-40-14-9-15-40)58-69(66,68-41-12-7-4-8-13-41)46(53)33-16-21-44-34(24-33)25-45(70-44)47(62)57-42-19-17-37(59(2)39-26-36(27-39)52(54,55)56)28-38-18-20-43(61(38)48(42)63)49(64)60-30-35(29-51(60)22-23-51)32-10-5-3-6-11-32/h3-8,10-13,16,21,24-25,31,35-40,42-43,46H,9,14-15,17-20,22-23,26-30H2,1-2H3,(H,57,62)(H,58,66)/t31-,35+,36?,37-,38+,39?,42-,43-,46+,69?/m0/s1. The van der Waals surface area contributed by atoms with Crippen molar-refractivity contribution in [3.63, 3.8) is 0 Å². The number of alkyl halides is 4. The molecule has 0 radical (unpaired) electrons. The smallest absolute Gasteiger partial charge is 0.391 e. The van der Waals surface area contributed by atoms with E-state index in [1.807, 2.05) is 35.0 Å². The summed E-state index contributed by atoms with van der Waals surface area (Å²) in [6, 6.07) is 20.6. The van der Waals surface area contributed by atoms with Crippen molar-refractivity contribution in [2.75, 3.05) is 13.6 Å². The Bertz CT molecular complexity index is 2640. The highest BCUT2D eigenvalue weighted by Gasteiger charge is 2.59. The first-order valence-electron chi connectivity index (χ1n) is 24.8. The number of carbonyl (C=O) groups is 4. The molecule has 3 saturated carbocycles. The Morgan fingerprint density at radius 3 is 2.29 bits per heavy atom. The van der Waals surface area contributed by atoms with Crippen LogP contribution in [0.25, 0.3) is 10.1 Å². The second-order valence-electron chi connectivity index (χ2n) is 20.6. The molecule has 10 rings (SSSR count). The second kappa shape index (κ2) is 19.3. The van der Waals surface area contributed by atoms with Crippen LogP contribution < -0.4 is 14.9 Å². The Hall–Kier alpha value is -4.83. The van der Waals surface area contributed by atoms with Gasteiger partial charge in [0.1, 0.15) is 30.0 Å². The van der Waals surface area contributed by atoms with Gasteiger partial charge in [-0.2, -0.15) is 13.2 Å². The Morgan fingerprint density at radius 1 is 0.900 bits per heavy atom. The third kappa shape index (κ3) is 9.76. The summed E-state index contributed by atoms with van der Waals surface area (Å²) >= 11 is 1.13. The molecule has 4 heterocycles. The number of para-hydroxylation sites is 1. The fourth-order valence-corrected chi connectivity index (χ4v) is 14.3. The summed E-state index contributed by atoms with van der Waals surface area (Å²) in [5.74, 6) is -4.94. The van der Waals surface area contributed by atoms with E-state index in [1.165, 1.54) is 36.8 Å². The number of halogens is 4. The number of benzene rings is 3. The zero-order valence-corrected chi connectivity index (χ0v) is 41.0. The molecule has 3 saturated heterocycles. The molecule has 1 spiro atoms. The van der Waals surface area contributed by atoms with Crippen molar-refractivity contribution in [1.29, 1.82) is 0 Å². The average Bonchev–Trinajstić information content (AvgIpc) is 3.58. The van der Waals surface area contributed by atoms with Crippen LogP contribution in [0, 0.1) is 5.92 Å². The van der Waals surface area contributed by atoms with Gasteiger partial charge in [0.2, 0.25) is 17.7 Å². The van der Waals surface area contributed by atoms with Gasteiger partial charge in [-0.1, -0.05) is 54.6 Å². The van der Waals surface area contributed by atoms with Crippen molar-refractivity contribution in [3.05, 3.63) is 101 Å². The Kier molecular flexibility index (Phi) is 13.5. The summed E-state index contributed by atoms with van der Waals surface area (Å²) in [4.78, 5) is 63.1. The molecular weight excluding hydrogens is 946 g/mol. The van der Waals surface area contributed by atoms with Gasteiger partial charge < -0.3 is 29.3 Å². The molecule has 1 aromatic heterocycles. The lowest BCUT2D eigenvalue weighted by molar-refractivity contribution is -0.207. The quantitative estimate of drug-likeness (QED) is 0.0719. The van der Waals surface area contributed by atoms with Crippen molar-refractivity contribution in [3.8, 4) is 5.75 Å². The van der Waals surface area contributed by atoms with E-state index < -0.39 is 55.5 Å². The third-order valence-corrected chi connectivity index (χ3v) is 19.3. The summed E-state index contributed by atoms with van der Waals surface area (Å²) in [7, 11) is -2.67. The number of ether oxygens (including phenoxy) is 1. The molecule has 2 N–H and O–H groups in total. The van der Waals surface area contributed by atoms with E-state index in [1.54, 1.807) is 35.2 Å². The fraction of sp³-hybridized carbons (Fsp3) is 0.538. The molecule has 12 nitrogen and oxygen atoms in total. The summed E-state index contributed by atoms with van der Waals surface area (Å²) in [6.45, 7) is 2.00. The summed E-state index contributed by atoms with van der Waals surface area (Å²) < 4.78 is 84.2. The summed E-state index contributed by atoms with van der Waals surface area (Å²) in [5, 5.41) is 6.09. The lowest BCUT2D eigenvalue weighted by Gasteiger charge is -2.47. The van der Waals surface area contributed by atoms with Crippen LogP contribution in [0.15, 0.2) is 84.9 Å². The lowest BCUT2D eigenvalue weighted by Crippen LogP contribution is -2.60. The van der Waals surface area contributed by atoms with Gasteiger partial charge in [-0.05, 0) is 144 Å². The number of likely N-dealkylation sites (tertiary alicyclic amines) is 1. The molecule has 3 amide bonds. The second-order valence-corrected chi connectivity index (χ2v) is 23.8. The molecular formula is C52H60F4N5O7PS. The minimum atomic E-state index is -4.52. The first kappa shape index (κ1) is 48.8. The predicted octanol–water partition coefficient (Wildman–Crippen LogP) is 10.0.